The van der Waals surface area contributed by atoms with Gasteiger partial charge in [-0.25, -0.2) is 0 Å². The Balaban J connectivity index is 2.02. The molecule has 0 aliphatic carbocycles. The highest BCUT2D eigenvalue weighted by atomic mass is 16.7. The van der Waals surface area contributed by atoms with Crippen LogP contribution in [0.25, 0.3) is 0 Å². The molecule has 0 unspecified atom stereocenters. The average molecular weight is 365 g/mol. The molecular weight excluding hydrogens is 338 g/mol. The topological polar surface area (TPSA) is 86.2 Å². The number of aliphatic hydroxyl groups excluding tert-OH is 1. The van der Waals surface area contributed by atoms with E-state index in [-0.39, 0.29) is 19.1 Å². The van der Waals surface area contributed by atoms with Crippen LogP contribution in [0.5, 0.6) is 0 Å². The van der Waals surface area contributed by atoms with Crippen LogP contribution in [-0.2, 0) is 30.3 Å². The molecule has 1 saturated heterocycles. The Hall–Kier alpha value is -1.77. The van der Waals surface area contributed by atoms with Crippen molar-refractivity contribution in [1.29, 1.82) is 0 Å². The number of methoxy groups -OCH3 is 1. The number of carbonyl (C=O) groups is 1. The van der Waals surface area contributed by atoms with Crippen molar-refractivity contribution in [3.8, 4) is 0 Å². The van der Waals surface area contributed by atoms with Crippen molar-refractivity contribution in [1.82, 2.24) is 5.32 Å². The van der Waals surface area contributed by atoms with Crippen molar-refractivity contribution < 1.29 is 28.8 Å². The van der Waals surface area contributed by atoms with Crippen molar-refractivity contribution in [3.05, 3.63) is 48.6 Å². The van der Waals surface area contributed by atoms with Gasteiger partial charge in [0.15, 0.2) is 6.29 Å². The monoisotopic (exact) mass is 365 g/mol. The number of rotatable bonds is 9. The van der Waals surface area contributed by atoms with Gasteiger partial charge in [0, 0.05) is 14.0 Å². The van der Waals surface area contributed by atoms with E-state index in [0.29, 0.717) is 6.61 Å². The molecule has 1 aliphatic heterocycles. The molecule has 0 spiro atoms. The van der Waals surface area contributed by atoms with Gasteiger partial charge in [-0.05, 0) is 5.56 Å². The van der Waals surface area contributed by atoms with Crippen LogP contribution >= 0.6 is 0 Å². The third-order valence-corrected chi connectivity index (χ3v) is 4.08. The second-order valence-electron chi connectivity index (χ2n) is 6.08. The number of amides is 1. The summed E-state index contributed by atoms with van der Waals surface area (Å²) in [4.78, 5) is 11.5. The minimum Gasteiger partial charge on any atom is -0.388 e. The molecule has 0 bridgehead atoms. The van der Waals surface area contributed by atoms with E-state index in [1.807, 2.05) is 30.3 Å². The Kier molecular flexibility index (Phi) is 8.21. The lowest BCUT2D eigenvalue weighted by atomic mass is 9.96. The number of nitrogens with one attached hydrogen (secondary N) is 1. The first-order valence-corrected chi connectivity index (χ1v) is 8.54. The normalized spacial score (nSPS) is 28.5. The van der Waals surface area contributed by atoms with Crippen LogP contribution in [0.1, 0.15) is 12.5 Å². The maximum atomic E-state index is 11.5. The highest BCUT2D eigenvalue weighted by Crippen LogP contribution is 2.25. The Morgan fingerprint density at radius 3 is 2.73 bits per heavy atom. The van der Waals surface area contributed by atoms with Gasteiger partial charge in [-0.15, -0.1) is 6.58 Å². The summed E-state index contributed by atoms with van der Waals surface area (Å²) in [6.45, 7) is 5.80. The number of carbonyl (C=O) groups excluding carboxylic acids is 1. The fourth-order valence-electron chi connectivity index (χ4n) is 2.89. The Labute approximate surface area is 153 Å². The predicted octanol–water partition coefficient (Wildman–Crippen LogP) is 1.01. The molecule has 0 aromatic heterocycles. The van der Waals surface area contributed by atoms with E-state index < -0.39 is 30.6 Å². The van der Waals surface area contributed by atoms with Crippen LogP contribution in [0.3, 0.4) is 0 Å². The maximum absolute atomic E-state index is 11.5. The molecule has 26 heavy (non-hydrogen) atoms. The number of hydrogen-bond donors (Lipinski definition) is 2. The minimum atomic E-state index is -0.992. The highest BCUT2D eigenvalue weighted by Gasteiger charge is 2.46. The fraction of sp³-hybridized carbons (Fsp3) is 0.526. The van der Waals surface area contributed by atoms with Crippen LogP contribution in [-0.4, -0.2) is 62.0 Å². The molecule has 1 amide bonds. The molecule has 1 aliphatic rings. The summed E-state index contributed by atoms with van der Waals surface area (Å²) in [7, 11) is 1.48. The second kappa shape index (κ2) is 10.4. The van der Waals surface area contributed by atoms with E-state index in [1.165, 1.54) is 14.0 Å². The zero-order valence-electron chi connectivity index (χ0n) is 15.2. The lowest BCUT2D eigenvalue weighted by Crippen LogP contribution is -2.65. The Morgan fingerprint density at radius 1 is 1.38 bits per heavy atom. The largest absolute Gasteiger partial charge is 0.388 e. The van der Waals surface area contributed by atoms with E-state index in [4.69, 9.17) is 18.9 Å². The lowest BCUT2D eigenvalue weighted by Gasteiger charge is -2.44. The van der Waals surface area contributed by atoms with Gasteiger partial charge in [0.1, 0.15) is 24.4 Å². The number of hydrogen-bond acceptors (Lipinski definition) is 6. The van der Waals surface area contributed by atoms with Crippen LogP contribution < -0.4 is 5.32 Å². The summed E-state index contributed by atoms with van der Waals surface area (Å²) in [6, 6.07) is 9.08. The predicted molar refractivity (Wildman–Crippen MR) is 95.3 cm³/mol. The molecule has 5 atom stereocenters. The number of ether oxygens (including phenoxy) is 4. The summed E-state index contributed by atoms with van der Waals surface area (Å²) in [5.74, 6) is -0.265. The molecule has 7 heteroatoms. The van der Waals surface area contributed by atoms with Gasteiger partial charge in [-0.1, -0.05) is 36.4 Å². The third-order valence-electron chi connectivity index (χ3n) is 4.08. The molecule has 0 radical (unpaired) electrons. The van der Waals surface area contributed by atoms with Crippen LogP contribution in [0, 0.1) is 0 Å². The lowest BCUT2D eigenvalue weighted by molar-refractivity contribution is -0.271. The summed E-state index contributed by atoms with van der Waals surface area (Å²) in [5, 5.41) is 13.4. The highest BCUT2D eigenvalue weighted by molar-refractivity contribution is 5.73. The van der Waals surface area contributed by atoms with Crippen LogP contribution in [0.4, 0.5) is 0 Å². The molecule has 144 valence electrons. The molecular formula is C19H27NO6. The molecule has 1 aromatic carbocycles. The van der Waals surface area contributed by atoms with Crippen LogP contribution in [0.2, 0.25) is 0 Å². The quantitative estimate of drug-likeness (QED) is 0.635. The third kappa shape index (κ3) is 5.62. The van der Waals surface area contributed by atoms with E-state index in [0.717, 1.165) is 5.56 Å². The molecule has 2 N–H and O–H groups in total. The van der Waals surface area contributed by atoms with Crippen molar-refractivity contribution in [3.63, 3.8) is 0 Å². The van der Waals surface area contributed by atoms with Gasteiger partial charge in [-0.3, -0.25) is 4.79 Å². The summed E-state index contributed by atoms with van der Waals surface area (Å²) in [5.41, 5.74) is 1.02. The van der Waals surface area contributed by atoms with Gasteiger partial charge >= 0.3 is 0 Å². The van der Waals surface area contributed by atoms with E-state index in [1.54, 1.807) is 6.08 Å². The SMILES string of the molecule is C=CCO[C@H]1[C@H](O)[C@@H](COCc2ccccc2)O[C@H](OC)[C@@H]1NC(C)=O. The number of aliphatic hydroxyl groups is 1. The first-order valence-electron chi connectivity index (χ1n) is 8.54. The summed E-state index contributed by atoms with van der Waals surface area (Å²) in [6.07, 6.45) is -1.53. The molecule has 1 fully saturated rings. The van der Waals surface area contributed by atoms with Crippen molar-refractivity contribution >= 4 is 5.91 Å². The summed E-state index contributed by atoms with van der Waals surface area (Å²) >= 11 is 0. The van der Waals surface area contributed by atoms with Crippen LogP contribution in [0.15, 0.2) is 43.0 Å². The van der Waals surface area contributed by atoms with Crippen molar-refractivity contribution in [2.45, 2.75) is 44.2 Å². The molecule has 0 saturated carbocycles. The summed E-state index contributed by atoms with van der Waals surface area (Å²) < 4.78 is 22.5. The number of benzene rings is 1. The van der Waals surface area contributed by atoms with Gasteiger partial charge in [-0.2, -0.15) is 0 Å². The van der Waals surface area contributed by atoms with Gasteiger partial charge in [0.25, 0.3) is 0 Å². The fourth-order valence-corrected chi connectivity index (χ4v) is 2.89. The Bertz CT molecular complexity index is 566. The maximum Gasteiger partial charge on any atom is 0.217 e. The Morgan fingerprint density at radius 2 is 2.12 bits per heavy atom. The van der Waals surface area contributed by atoms with E-state index >= 15 is 0 Å². The zero-order chi connectivity index (χ0) is 18.9. The smallest absolute Gasteiger partial charge is 0.217 e. The van der Waals surface area contributed by atoms with Gasteiger partial charge in [0.2, 0.25) is 5.91 Å². The van der Waals surface area contributed by atoms with Crippen molar-refractivity contribution in [2.75, 3.05) is 20.3 Å². The first-order chi connectivity index (χ1) is 12.6. The van der Waals surface area contributed by atoms with Gasteiger partial charge in [0.05, 0.1) is 19.8 Å². The average Bonchev–Trinajstić information content (AvgIpc) is 2.63. The molecule has 2 rings (SSSR count). The second-order valence-corrected chi connectivity index (χ2v) is 6.08. The van der Waals surface area contributed by atoms with Crippen molar-refractivity contribution in [2.24, 2.45) is 0 Å². The first kappa shape index (κ1) is 20.5. The van der Waals surface area contributed by atoms with E-state index in [9.17, 15) is 9.90 Å². The molecule has 7 nitrogen and oxygen atoms in total. The standard InChI is InChI=1S/C19H27NO6/c1-4-10-25-18-16(20-13(2)21)19(23-3)26-15(17(18)22)12-24-11-14-8-6-5-7-9-14/h4-9,15-19,22H,1,10-12H2,2-3H3,(H,20,21)/t15-,16-,17-,18-,19+/m1/s1. The molecule has 1 heterocycles. The van der Waals surface area contributed by atoms with Gasteiger partial charge < -0.3 is 29.4 Å². The van der Waals surface area contributed by atoms with E-state index in [2.05, 4.69) is 11.9 Å². The minimum absolute atomic E-state index is 0.163. The zero-order valence-corrected chi connectivity index (χ0v) is 15.2. The molecule has 1 aromatic rings.